The molecule has 3 aliphatic rings. The molecule has 1 saturated heterocycles. The molecule has 1 aliphatic carbocycles. The van der Waals surface area contributed by atoms with E-state index in [9.17, 15) is 28.0 Å². The number of halogens is 2. The fourth-order valence-electron chi connectivity index (χ4n) is 6.96. The first-order valence-electron chi connectivity index (χ1n) is 15.8. The first-order chi connectivity index (χ1) is 22.7. The van der Waals surface area contributed by atoms with Gasteiger partial charge in [0.15, 0.2) is 11.6 Å². The van der Waals surface area contributed by atoms with Gasteiger partial charge in [-0.05, 0) is 74.3 Å². The minimum absolute atomic E-state index is 0.0113. The van der Waals surface area contributed by atoms with E-state index in [0.29, 0.717) is 31.2 Å². The van der Waals surface area contributed by atoms with Gasteiger partial charge in [-0.3, -0.25) is 4.90 Å². The number of methoxy groups -OCH3 is 2. The number of benzene rings is 2. The maximum absolute atomic E-state index is 14.4. The second kappa shape index (κ2) is 15.0. The summed E-state index contributed by atoms with van der Waals surface area (Å²) in [6, 6.07) is 7.50. The predicted molar refractivity (Wildman–Crippen MR) is 166 cm³/mol. The van der Waals surface area contributed by atoms with Crippen LogP contribution in [0.3, 0.4) is 0 Å². The number of imide groups is 1. The van der Waals surface area contributed by atoms with Gasteiger partial charge < -0.3 is 24.8 Å². The summed E-state index contributed by atoms with van der Waals surface area (Å²) in [5, 5.41) is 5.46. The van der Waals surface area contributed by atoms with Crippen LogP contribution in [0.5, 0.6) is 0 Å². The van der Waals surface area contributed by atoms with E-state index in [1.807, 2.05) is 24.3 Å². The highest BCUT2D eigenvalue weighted by molar-refractivity contribution is 6.02. The van der Waals surface area contributed by atoms with E-state index in [1.54, 1.807) is 6.92 Å². The van der Waals surface area contributed by atoms with Crippen LogP contribution in [0.15, 0.2) is 53.7 Å². The largest absolute Gasteiger partial charge is 0.466 e. The van der Waals surface area contributed by atoms with Crippen LogP contribution in [0.4, 0.5) is 18.4 Å². The molecule has 252 valence electrons. The zero-order valence-electron chi connectivity index (χ0n) is 26.7. The number of urea groups is 2. The summed E-state index contributed by atoms with van der Waals surface area (Å²) in [4.78, 5) is 55.7. The molecule has 2 atom stereocenters. The predicted octanol–water partition coefficient (Wildman–Crippen LogP) is 4.79. The lowest BCUT2D eigenvalue weighted by atomic mass is 9.79. The zero-order chi connectivity index (χ0) is 33.7. The van der Waals surface area contributed by atoms with Gasteiger partial charge in [-0.15, -0.1) is 0 Å². The van der Waals surface area contributed by atoms with E-state index < -0.39 is 35.7 Å². The molecule has 2 aliphatic heterocycles. The summed E-state index contributed by atoms with van der Waals surface area (Å²) >= 11 is 0. The summed E-state index contributed by atoms with van der Waals surface area (Å²) in [5.74, 6) is -3.24. The number of rotatable bonds is 9. The van der Waals surface area contributed by atoms with Gasteiger partial charge in [-0.25, -0.2) is 32.9 Å². The Hall–Kier alpha value is -4.36. The molecule has 2 fully saturated rings. The quantitative estimate of drug-likeness (QED) is 0.370. The number of carbonyl (C=O) groups excluding carboxylic acids is 4. The topological polar surface area (TPSA) is 127 Å². The minimum Gasteiger partial charge on any atom is -0.466 e. The molecular weight excluding hydrogens is 614 g/mol. The lowest BCUT2D eigenvalue weighted by Gasteiger charge is -2.37. The summed E-state index contributed by atoms with van der Waals surface area (Å²) in [7, 11) is 2.50. The number of nitrogens with one attached hydrogen (secondary N) is 2. The molecule has 0 spiro atoms. The molecule has 0 aromatic heterocycles. The van der Waals surface area contributed by atoms with E-state index in [0.717, 1.165) is 61.9 Å². The van der Waals surface area contributed by atoms with Crippen molar-refractivity contribution in [1.29, 1.82) is 0 Å². The van der Waals surface area contributed by atoms with Crippen molar-refractivity contribution in [2.45, 2.75) is 63.1 Å². The van der Waals surface area contributed by atoms with Gasteiger partial charge in [0.1, 0.15) is 6.04 Å². The number of amides is 4. The molecule has 0 bridgehead atoms. The average Bonchev–Trinajstić information content (AvgIpc) is 3.54. The number of esters is 2. The lowest BCUT2D eigenvalue weighted by Crippen LogP contribution is -2.56. The normalized spacial score (nSPS) is 23.3. The van der Waals surface area contributed by atoms with Crippen LogP contribution >= 0.6 is 0 Å². The number of likely N-dealkylation sites (tertiary alicyclic amines) is 1. The SMILES string of the molecule is CCOC(=O)c1ccccc1C1CCC(N2CC[C@@H](NC(=O)N3C(=O)NC(COC)=C(C(=O)OC)[C@@H]3c3ccc(F)c(F)c3)C2)CC1. The first-order valence-corrected chi connectivity index (χ1v) is 15.8. The molecule has 0 radical (unpaired) electrons. The lowest BCUT2D eigenvalue weighted by molar-refractivity contribution is -0.137. The number of carbonyl (C=O) groups is 4. The Balaban J connectivity index is 1.28. The fourth-order valence-corrected chi connectivity index (χ4v) is 6.96. The van der Waals surface area contributed by atoms with Crippen LogP contribution in [0, 0.1) is 11.6 Å². The van der Waals surface area contributed by atoms with E-state index in [2.05, 4.69) is 15.5 Å². The molecule has 2 aromatic carbocycles. The van der Waals surface area contributed by atoms with Crippen LogP contribution < -0.4 is 10.6 Å². The first kappa shape index (κ1) is 34.0. The Bertz CT molecular complexity index is 1540. The Kier molecular flexibility index (Phi) is 10.9. The number of ether oxygens (including phenoxy) is 3. The van der Waals surface area contributed by atoms with Gasteiger partial charge in [-0.2, -0.15) is 0 Å². The van der Waals surface area contributed by atoms with Crippen LogP contribution in [0.25, 0.3) is 0 Å². The highest BCUT2D eigenvalue weighted by atomic mass is 19.2. The van der Waals surface area contributed by atoms with Gasteiger partial charge in [0.05, 0.1) is 37.2 Å². The van der Waals surface area contributed by atoms with Gasteiger partial charge in [0.2, 0.25) is 0 Å². The van der Waals surface area contributed by atoms with E-state index in [4.69, 9.17) is 14.2 Å². The van der Waals surface area contributed by atoms with Crippen LogP contribution in [-0.2, 0) is 19.0 Å². The van der Waals surface area contributed by atoms with Crippen LogP contribution in [0.1, 0.15) is 72.5 Å². The Morgan fingerprint density at radius 2 is 1.72 bits per heavy atom. The standard InChI is InChI=1S/C34H40F2N4O7/c1-4-47-31(41)25-8-6-5-7-24(25)20-9-12-23(13-10-20)39-16-15-22(18-39)37-33(43)40-30(21-11-14-26(35)27(36)17-21)29(32(42)46-3)28(19-45-2)38-34(40)44/h5-8,11,14,17,20,22-23,30H,4,9-10,12-13,15-16,18-19H2,1-3H3,(H,37,43)(H,38,44)/t20?,22-,23?,30+/m1/s1. The molecule has 4 amide bonds. The summed E-state index contributed by atoms with van der Waals surface area (Å²) < 4.78 is 43.6. The van der Waals surface area contributed by atoms with Crippen molar-refractivity contribution in [3.63, 3.8) is 0 Å². The Labute approximate surface area is 272 Å². The summed E-state index contributed by atoms with van der Waals surface area (Å²) in [6.45, 7) is 3.21. The second-order valence-electron chi connectivity index (χ2n) is 11.9. The molecule has 2 heterocycles. The zero-order valence-corrected chi connectivity index (χ0v) is 26.7. The number of hydrogen-bond donors (Lipinski definition) is 2. The van der Waals surface area contributed by atoms with Crippen LogP contribution in [-0.4, -0.2) is 86.4 Å². The van der Waals surface area contributed by atoms with Crippen molar-refractivity contribution in [3.8, 4) is 0 Å². The molecule has 5 rings (SSSR count). The molecule has 2 aromatic rings. The van der Waals surface area contributed by atoms with E-state index in [1.165, 1.54) is 13.2 Å². The number of hydrogen-bond acceptors (Lipinski definition) is 8. The third kappa shape index (κ3) is 7.31. The molecule has 11 nitrogen and oxygen atoms in total. The molecule has 2 N–H and O–H groups in total. The third-order valence-corrected chi connectivity index (χ3v) is 9.16. The second-order valence-corrected chi connectivity index (χ2v) is 11.9. The average molecular weight is 655 g/mol. The smallest absolute Gasteiger partial charge is 0.338 e. The maximum atomic E-state index is 14.4. The highest BCUT2D eigenvalue weighted by Gasteiger charge is 2.44. The molecule has 13 heteroatoms. The van der Waals surface area contributed by atoms with Crippen molar-refractivity contribution in [1.82, 2.24) is 20.4 Å². The number of nitrogens with zero attached hydrogens (tertiary/aromatic N) is 2. The van der Waals surface area contributed by atoms with Crippen molar-refractivity contribution < 1.29 is 42.2 Å². The molecule has 47 heavy (non-hydrogen) atoms. The summed E-state index contributed by atoms with van der Waals surface area (Å²) in [6.07, 6.45) is 4.29. The van der Waals surface area contributed by atoms with Crippen molar-refractivity contribution >= 4 is 24.0 Å². The Morgan fingerprint density at radius 1 is 0.979 bits per heavy atom. The van der Waals surface area contributed by atoms with Crippen molar-refractivity contribution in [2.75, 3.05) is 40.5 Å². The van der Waals surface area contributed by atoms with Crippen LogP contribution in [0.2, 0.25) is 0 Å². The monoisotopic (exact) mass is 654 g/mol. The van der Waals surface area contributed by atoms with Gasteiger partial charge in [0.25, 0.3) is 0 Å². The van der Waals surface area contributed by atoms with Gasteiger partial charge in [-0.1, -0.05) is 24.3 Å². The van der Waals surface area contributed by atoms with E-state index in [-0.39, 0.29) is 41.4 Å². The molecule has 0 unspecified atom stereocenters. The molecule has 1 saturated carbocycles. The van der Waals surface area contributed by atoms with Gasteiger partial charge in [0, 0.05) is 32.3 Å². The van der Waals surface area contributed by atoms with Crippen molar-refractivity contribution in [2.24, 2.45) is 0 Å². The fraction of sp³-hybridized carbons (Fsp3) is 0.471. The van der Waals surface area contributed by atoms with E-state index >= 15 is 0 Å². The molecular formula is C34H40F2N4O7. The maximum Gasteiger partial charge on any atom is 0.338 e. The van der Waals surface area contributed by atoms with Crippen molar-refractivity contribution in [3.05, 3.63) is 82.1 Å². The summed E-state index contributed by atoms with van der Waals surface area (Å²) in [5.41, 5.74) is 1.56. The van der Waals surface area contributed by atoms with Gasteiger partial charge >= 0.3 is 24.0 Å². The highest BCUT2D eigenvalue weighted by Crippen LogP contribution is 2.38. The third-order valence-electron chi connectivity index (χ3n) is 9.16. The Morgan fingerprint density at radius 3 is 2.40 bits per heavy atom. The minimum atomic E-state index is -1.40.